The molecule has 0 aliphatic carbocycles. The summed E-state index contributed by atoms with van der Waals surface area (Å²) in [5.41, 5.74) is 2.24. The Hall–Kier alpha value is -3.12. The van der Waals surface area contributed by atoms with Crippen molar-refractivity contribution in [2.75, 3.05) is 18.4 Å². The number of furan rings is 1. The Bertz CT molecular complexity index is 977. The third kappa shape index (κ3) is 4.66. The standard InChI is InChI=1S/C23H25N3O3/c1-15-10-11-24-14-19(15)26-22(27)12-16-6-8-18(9-7-16)25-23(28)21-13-17-4-2-3-5-20(17)29-21/h2-9,13,15,19,24H,10-12,14H2,1H3,(H,25,28)(H,26,27). The van der Waals surface area contributed by atoms with Crippen LogP contribution in [-0.2, 0) is 11.2 Å². The Morgan fingerprint density at radius 3 is 2.69 bits per heavy atom. The Labute approximate surface area is 169 Å². The number of hydrogen-bond acceptors (Lipinski definition) is 4. The zero-order chi connectivity index (χ0) is 20.2. The highest BCUT2D eigenvalue weighted by Gasteiger charge is 2.22. The molecule has 1 aromatic heterocycles. The van der Waals surface area contributed by atoms with Crippen molar-refractivity contribution in [1.82, 2.24) is 10.6 Å². The van der Waals surface area contributed by atoms with Gasteiger partial charge in [0.15, 0.2) is 5.76 Å². The summed E-state index contributed by atoms with van der Waals surface area (Å²) in [6, 6.07) is 16.7. The number of piperidine rings is 1. The molecule has 6 nitrogen and oxygen atoms in total. The fraction of sp³-hybridized carbons (Fsp3) is 0.304. The van der Waals surface area contributed by atoms with Crippen LogP contribution in [0.3, 0.4) is 0 Å². The summed E-state index contributed by atoms with van der Waals surface area (Å²) in [4.78, 5) is 24.8. The molecule has 1 saturated heterocycles. The normalized spacial score (nSPS) is 19.1. The van der Waals surface area contributed by atoms with Gasteiger partial charge in [-0.1, -0.05) is 37.3 Å². The maximum Gasteiger partial charge on any atom is 0.291 e. The van der Waals surface area contributed by atoms with E-state index in [1.54, 1.807) is 18.2 Å². The van der Waals surface area contributed by atoms with Crippen LogP contribution < -0.4 is 16.0 Å². The quantitative estimate of drug-likeness (QED) is 0.623. The van der Waals surface area contributed by atoms with Crippen molar-refractivity contribution < 1.29 is 14.0 Å². The number of rotatable bonds is 5. The summed E-state index contributed by atoms with van der Waals surface area (Å²) >= 11 is 0. The van der Waals surface area contributed by atoms with E-state index in [0.29, 0.717) is 23.6 Å². The first-order valence-corrected chi connectivity index (χ1v) is 9.97. The van der Waals surface area contributed by atoms with E-state index in [4.69, 9.17) is 4.42 Å². The molecule has 1 fully saturated rings. The lowest BCUT2D eigenvalue weighted by Crippen LogP contribution is -2.50. The molecule has 2 aromatic carbocycles. The molecule has 2 heterocycles. The lowest BCUT2D eigenvalue weighted by atomic mass is 9.94. The van der Waals surface area contributed by atoms with Gasteiger partial charge < -0.3 is 20.4 Å². The molecule has 3 aromatic rings. The second-order valence-corrected chi connectivity index (χ2v) is 7.62. The van der Waals surface area contributed by atoms with Gasteiger partial charge in [-0.05, 0) is 48.7 Å². The number of para-hydroxylation sites is 1. The summed E-state index contributed by atoms with van der Waals surface area (Å²) in [6.45, 7) is 4.00. The number of hydrogen-bond donors (Lipinski definition) is 3. The van der Waals surface area contributed by atoms with Crippen LogP contribution in [0, 0.1) is 5.92 Å². The number of nitrogens with one attached hydrogen (secondary N) is 3. The van der Waals surface area contributed by atoms with Crippen LogP contribution in [0.4, 0.5) is 5.69 Å². The molecule has 0 radical (unpaired) electrons. The molecule has 6 heteroatoms. The molecule has 3 N–H and O–H groups in total. The molecule has 2 unspecified atom stereocenters. The molecule has 4 rings (SSSR count). The highest BCUT2D eigenvalue weighted by atomic mass is 16.3. The van der Waals surface area contributed by atoms with Crippen molar-refractivity contribution in [1.29, 1.82) is 0 Å². The SMILES string of the molecule is CC1CCNCC1NC(=O)Cc1ccc(NC(=O)c2cc3ccccc3o2)cc1. The molecule has 29 heavy (non-hydrogen) atoms. The van der Waals surface area contributed by atoms with Crippen molar-refractivity contribution in [3.8, 4) is 0 Å². The van der Waals surface area contributed by atoms with E-state index in [1.807, 2.05) is 36.4 Å². The van der Waals surface area contributed by atoms with E-state index in [1.165, 1.54) is 0 Å². The minimum Gasteiger partial charge on any atom is -0.451 e. The Kier molecular flexibility index (Phi) is 5.62. The van der Waals surface area contributed by atoms with Crippen molar-refractivity contribution >= 4 is 28.5 Å². The fourth-order valence-electron chi connectivity index (χ4n) is 3.62. The number of carbonyl (C=O) groups excluding carboxylic acids is 2. The van der Waals surface area contributed by atoms with Crippen LogP contribution in [0.25, 0.3) is 11.0 Å². The summed E-state index contributed by atoms with van der Waals surface area (Å²) in [5.74, 6) is 0.469. The van der Waals surface area contributed by atoms with Crippen molar-refractivity contribution in [3.05, 3.63) is 65.9 Å². The first-order valence-electron chi connectivity index (χ1n) is 9.97. The lowest BCUT2D eigenvalue weighted by Gasteiger charge is -2.30. The van der Waals surface area contributed by atoms with Gasteiger partial charge in [0, 0.05) is 23.7 Å². The van der Waals surface area contributed by atoms with E-state index in [9.17, 15) is 9.59 Å². The zero-order valence-corrected chi connectivity index (χ0v) is 16.4. The van der Waals surface area contributed by atoms with Gasteiger partial charge in [0.05, 0.1) is 6.42 Å². The molecular weight excluding hydrogens is 366 g/mol. The predicted octanol–water partition coefficient (Wildman–Crippen LogP) is 3.34. The van der Waals surface area contributed by atoms with Gasteiger partial charge in [-0.15, -0.1) is 0 Å². The molecule has 2 amide bonds. The van der Waals surface area contributed by atoms with E-state index in [-0.39, 0.29) is 23.6 Å². The number of fused-ring (bicyclic) bond motifs is 1. The van der Waals surface area contributed by atoms with Gasteiger partial charge in [0.2, 0.25) is 5.91 Å². The number of carbonyl (C=O) groups is 2. The molecule has 1 aliphatic heterocycles. The summed E-state index contributed by atoms with van der Waals surface area (Å²) in [5, 5.41) is 10.2. The lowest BCUT2D eigenvalue weighted by molar-refractivity contribution is -0.121. The molecule has 2 atom stereocenters. The second kappa shape index (κ2) is 8.49. The van der Waals surface area contributed by atoms with E-state index >= 15 is 0 Å². The molecule has 150 valence electrons. The van der Waals surface area contributed by atoms with E-state index in [2.05, 4.69) is 22.9 Å². The highest BCUT2D eigenvalue weighted by Crippen LogP contribution is 2.20. The molecule has 0 bridgehead atoms. The largest absolute Gasteiger partial charge is 0.451 e. The predicted molar refractivity (Wildman–Crippen MR) is 113 cm³/mol. The third-order valence-electron chi connectivity index (χ3n) is 5.40. The monoisotopic (exact) mass is 391 g/mol. The zero-order valence-electron chi connectivity index (χ0n) is 16.4. The van der Waals surface area contributed by atoms with Gasteiger partial charge in [-0.3, -0.25) is 9.59 Å². The average Bonchev–Trinajstić information content (AvgIpc) is 3.16. The van der Waals surface area contributed by atoms with Crippen molar-refractivity contribution in [3.63, 3.8) is 0 Å². The van der Waals surface area contributed by atoms with Gasteiger partial charge in [-0.25, -0.2) is 0 Å². The van der Waals surface area contributed by atoms with Gasteiger partial charge in [-0.2, -0.15) is 0 Å². The van der Waals surface area contributed by atoms with E-state index < -0.39 is 0 Å². The summed E-state index contributed by atoms with van der Waals surface area (Å²) in [6.07, 6.45) is 1.39. The second-order valence-electron chi connectivity index (χ2n) is 7.62. The summed E-state index contributed by atoms with van der Waals surface area (Å²) < 4.78 is 5.59. The molecule has 1 aliphatic rings. The number of amides is 2. The minimum absolute atomic E-state index is 0.0182. The Balaban J connectivity index is 1.33. The maximum atomic E-state index is 12.4. The highest BCUT2D eigenvalue weighted by molar-refractivity contribution is 6.04. The maximum absolute atomic E-state index is 12.4. The first-order chi connectivity index (χ1) is 14.1. The fourth-order valence-corrected chi connectivity index (χ4v) is 3.62. The minimum atomic E-state index is -0.300. The van der Waals surface area contributed by atoms with Crippen LogP contribution in [0.1, 0.15) is 29.5 Å². The topological polar surface area (TPSA) is 83.4 Å². The van der Waals surface area contributed by atoms with Gasteiger partial charge in [0.1, 0.15) is 5.58 Å². The Morgan fingerprint density at radius 2 is 1.93 bits per heavy atom. The van der Waals surface area contributed by atoms with Crippen LogP contribution in [-0.4, -0.2) is 30.9 Å². The van der Waals surface area contributed by atoms with Crippen molar-refractivity contribution in [2.45, 2.75) is 25.8 Å². The van der Waals surface area contributed by atoms with E-state index in [0.717, 1.165) is 30.5 Å². The summed E-state index contributed by atoms with van der Waals surface area (Å²) in [7, 11) is 0. The number of benzene rings is 2. The van der Waals surface area contributed by atoms with Gasteiger partial charge in [0.25, 0.3) is 5.91 Å². The van der Waals surface area contributed by atoms with Gasteiger partial charge >= 0.3 is 0 Å². The van der Waals surface area contributed by atoms with Crippen LogP contribution >= 0.6 is 0 Å². The van der Waals surface area contributed by atoms with Crippen LogP contribution in [0.2, 0.25) is 0 Å². The molecule has 0 spiro atoms. The van der Waals surface area contributed by atoms with Crippen LogP contribution in [0.15, 0.2) is 59.0 Å². The molecular formula is C23H25N3O3. The Morgan fingerprint density at radius 1 is 1.14 bits per heavy atom. The average molecular weight is 391 g/mol. The first kappa shape index (κ1) is 19.2. The van der Waals surface area contributed by atoms with Crippen molar-refractivity contribution in [2.24, 2.45) is 5.92 Å². The smallest absolute Gasteiger partial charge is 0.291 e. The number of anilines is 1. The van der Waals surface area contributed by atoms with Crippen LogP contribution in [0.5, 0.6) is 0 Å². The third-order valence-corrected chi connectivity index (χ3v) is 5.40. The molecule has 0 saturated carbocycles.